The molecule has 0 aliphatic carbocycles. The number of hydrogen-bond donors (Lipinski definition) is 2. The lowest BCUT2D eigenvalue weighted by Crippen LogP contribution is -2.37. The first-order valence-corrected chi connectivity index (χ1v) is 11.5. The lowest BCUT2D eigenvalue weighted by molar-refractivity contribution is 0.0937. The zero-order valence-electron chi connectivity index (χ0n) is 16.6. The van der Waals surface area contributed by atoms with Crippen molar-refractivity contribution in [3.63, 3.8) is 0 Å². The summed E-state index contributed by atoms with van der Waals surface area (Å²) in [6.45, 7) is 5.94. The second-order valence-electron chi connectivity index (χ2n) is 7.60. The second-order valence-corrected chi connectivity index (χ2v) is 9.72. The maximum Gasteiger partial charge on any atom is 0.253 e. The van der Waals surface area contributed by atoms with Crippen LogP contribution < -0.4 is 10.0 Å². The number of sulfonamides is 1. The SMILES string of the molecule is CC(C)NS(=O)(=O)c1ccc(Cl)c(C(=O)NC2CCN(Cc3ccccc3)C2)c1. The Labute approximate surface area is 177 Å². The molecule has 0 spiro atoms. The van der Waals surface area contributed by atoms with E-state index in [4.69, 9.17) is 11.6 Å². The van der Waals surface area contributed by atoms with Crippen molar-refractivity contribution in [3.05, 3.63) is 64.7 Å². The van der Waals surface area contributed by atoms with Gasteiger partial charge in [-0.3, -0.25) is 9.69 Å². The van der Waals surface area contributed by atoms with E-state index >= 15 is 0 Å². The first-order valence-electron chi connectivity index (χ1n) is 9.63. The fourth-order valence-electron chi connectivity index (χ4n) is 3.42. The van der Waals surface area contributed by atoms with Gasteiger partial charge in [-0.2, -0.15) is 0 Å². The molecule has 29 heavy (non-hydrogen) atoms. The van der Waals surface area contributed by atoms with Crippen LogP contribution in [0.1, 0.15) is 36.2 Å². The van der Waals surface area contributed by atoms with Gasteiger partial charge >= 0.3 is 0 Å². The monoisotopic (exact) mass is 435 g/mol. The first kappa shape index (κ1) is 21.8. The van der Waals surface area contributed by atoms with E-state index in [2.05, 4.69) is 27.1 Å². The van der Waals surface area contributed by atoms with E-state index in [1.165, 1.54) is 23.8 Å². The number of carbonyl (C=O) groups excluding carboxylic acids is 1. The van der Waals surface area contributed by atoms with Crippen LogP contribution in [0.25, 0.3) is 0 Å². The molecule has 1 saturated heterocycles. The smallest absolute Gasteiger partial charge is 0.253 e. The molecule has 0 saturated carbocycles. The highest BCUT2D eigenvalue weighted by Gasteiger charge is 2.26. The Morgan fingerprint density at radius 3 is 2.62 bits per heavy atom. The minimum absolute atomic E-state index is 0.00340. The standard InChI is InChI=1S/C21H26ClN3O3S/c1-15(2)24-29(27,28)18-8-9-20(22)19(12-18)21(26)23-17-10-11-25(14-17)13-16-6-4-3-5-7-16/h3-9,12,15,17,24H,10-11,13-14H2,1-2H3,(H,23,26). The molecule has 1 fully saturated rings. The maximum atomic E-state index is 12.8. The zero-order chi connectivity index (χ0) is 21.0. The minimum Gasteiger partial charge on any atom is -0.348 e. The summed E-state index contributed by atoms with van der Waals surface area (Å²) in [7, 11) is -3.70. The molecule has 2 aromatic rings. The summed E-state index contributed by atoms with van der Waals surface area (Å²) >= 11 is 6.18. The molecule has 1 aliphatic heterocycles. The Balaban J connectivity index is 1.66. The number of benzene rings is 2. The number of nitrogens with zero attached hydrogens (tertiary/aromatic N) is 1. The van der Waals surface area contributed by atoms with Gasteiger partial charge in [-0.1, -0.05) is 41.9 Å². The van der Waals surface area contributed by atoms with Crippen molar-refractivity contribution in [3.8, 4) is 0 Å². The lowest BCUT2D eigenvalue weighted by atomic mass is 10.2. The highest BCUT2D eigenvalue weighted by atomic mass is 35.5. The van der Waals surface area contributed by atoms with Crippen LogP contribution in [0.2, 0.25) is 5.02 Å². The largest absolute Gasteiger partial charge is 0.348 e. The van der Waals surface area contributed by atoms with Crippen molar-refractivity contribution in [1.29, 1.82) is 0 Å². The second kappa shape index (κ2) is 9.26. The van der Waals surface area contributed by atoms with Crippen LogP contribution >= 0.6 is 11.6 Å². The van der Waals surface area contributed by atoms with Gasteiger partial charge in [0.2, 0.25) is 10.0 Å². The molecule has 1 aliphatic rings. The van der Waals surface area contributed by atoms with E-state index in [0.29, 0.717) is 0 Å². The summed E-state index contributed by atoms with van der Waals surface area (Å²) in [5.41, 5.74) is 1.40. The Morgan fingerprint density at radius 2 is 1.93 bits per heavy atom. The Morgan fingerprint density at radius 1 is 1.21 bits per heavy atom. The molecule has 1 atom stereocenters. The quantitative estimate of drug-likeness (QED) is 0.700. The van der Waals surface area contributed by atoms with Crippen LogP contribution in [0.5, 0.6) is 0 Å². The average molecular weight is 436 g/mol. The third-order valence-corrected chi connectivity index (χ3v) is 6.73. The van der Waals surface area contributed by atoms with Gasteiger partial charge in [0.05, 0.1) is 15.5 Å². The van der Waals surface area contributed by atoms with Crippen LogP contribution in [-0.2, 0) is 16.6 Å². The van der Waals surface area contributed by atoms with Gasteiger partial charge in [-0.15, -0.1) is 0 Å². The zero-order valence-corrected chi connectivity index (χ0v) is 18.1. The van der Waals surface area contributed by atoms with Gasteiger partial charge in [0.1, 0.15) is 0 Å². The van der Waals surface area contributed by atoms with E-state index in [1.54, 1.807) is 13.8 Å². The van der Waals surface area contributed by atoms with E-state index in [-0.39, 0.29) is 33.5 Å². The molecular weight excluding hydrogens is 410 g/mol. The first-order chi connectivity index (χ1) is 13.7. The number of likely N-dealkylation sites (tertiary alicyclic amines) is 1. The third-order valence-electron chi connectivity index (χ3n) is 4.74. The Kier molecular flexibility index (Phi) is 6.95. The number of amides is 1. The molecule has 1 heterocycles. The number of hydrogen-bond acceptors (Lipinski definition) is 4. The van der Waals surface area contributed by atoms with E-state index in [1.807, 2.05) is 18.2 Å². The Bertz CT molecular complexity index is 964. The summed E-state index contributed by atoms with van der Waals surface area (Å²) in [5.74, 6) is -0.358. The van der Waals surface area contributed by atoms with Crippen LogP contribution in [0.15, 0.2) is 53.4 Å². The number of halogens is 1. The highest BCUT2D eigenvalue weighted by Crippen LogP contribution is 2.22. The molecule has 2 N–H and O–H groups in total. The predicted octanol–water partition coefficient (Wildman–Crippen LogP) is 3.03. The van der Waals surface area contributed by atoms with Crippen molar-refractivity contribution in [2.45, 2.75) is 43.8 Å². The van der Waals surface area contributed by atoms with Crippen LogP contribution in [-0.4, -0.2) is 44.4 Å². The summed E-state index contributed by atoms with van der Waals surface area (Å²) < 4.78 is 27.3. The van der Waals surface area contributed by atoms with Gasteiger partial charge in [-0.25, -0.2) is 13.1 Å². The molecule has 156 valence electrons. The van der Waals surface area contributed by atoms with Gasteiger partial charge in [0, 0.05) is 31.7 Å². The minimum atomic E-state index is -3.70. The molecule has 0 bridgehead atoms. The lowest BCUT2D eigenvalue weighted by Gasteiger charge is -2.17. The van der Waals surface area contributed by atoms with Crippen LogP contribution in [0.3, 0.4) is 0 Å². The molecular formula is C21H26ClN3O3S. The molecule has 1 amide bonds. The molecule has 3 rings (SSSR count). The van der Waals surface area contributed by atoms with Crippen molar-refractivity contribution in [2.75, 3.05) is 13.1 Å². The van der Waals surface area contributed by atoms with E-state index in [0.717, 1.165) is 26.1 Å². The van der Waals surface area contributed by atoms with Crippen molar-refractivity contribution >= 4 is 27.5 Å². The number of rotatable bonds is 7. The van der Waals surface area contributed by atoms with Gasteiger partial charge in [-0.05, 0) is 44.0 Å². The average Bonchev–Trinajstić information content (AvgIpc) is 3.08. The summed E-state index contributed by atoms with van der Waals surface area (Å²) in [6.07, 6.45) is 0.836. The normalized spacial score (nSPS) is 17.6. The van der Waals surface area contributed by atoms with Crippen molar-refractivity contribution in [1.82, 2.24) is 14.9 Å². The summed E-state index contributed by atoms with van der Waals surface area (Å²) in [4.78, 5) is 15.1. The molecule has 1 unspecified atom stereocenters. The fraction of sp³-hybridized carbons (Fsp3) is 0.381. The molecule has 2 aromatic carbocycles. The van der Waals surface area contributed by atoms with Crippen LogP contribution in [0, 0.1) is 0 Å². The van der Waals surface area contributed by atoms with E-state index < -0.39 is 10.0 Å². The number of carbonyl (C=O) groups is 1. The van der Waals surface area contributed by atoms with Gasteiger partial charge < -0.3 is 5.32 Å². The van der Waals surface area contributed by atoms with Crippen molar-refractivity contribution < 1.29 is 13.2 Å². The maximum absolute atomic E-state index is 12.8. The van der Waals surface area contributed by atoms with Crippen LogP contribution in [0.4, 0.5) is 0 Å². The predicted molar refractivity (Wildman–Crippen MR) is 114 cm³/mol. The Hall–Kier alpha value is -1.93. The molecule has 6 nitrogen and oxygen atoms in total. The molecule has 0 radical (unpaired) electrons. The van der Waals surface area contributed by atoms with Gasteiger partial charge in [0.15, 0.2) is 0 Å². The molecule has 8 heteroatoms. The highest BCUT2D eigenvalue weighted by molar-refractivity contribution is 7.89. The van der Waals surface area contributed by atoms with Gasteiger partial charge in [0.25, 0.3) is 5.91 Å². The fourth-order valence-corrected chi connectivity index (χ4v) is 4.90. The third kappa shape index (κ3) is 5.79. The summed E-state index contributed by atoms with van der Waals surface area (Å²) in [5, 5.41) is 3.22. The van der Waals surface area contributed by atoms with E-state index in [9.17, 15) is 13.2 Å². The topological polar surface area (TPSA) is 78.5 Å². The molecule has 0 aromatic heterocycles. The van der Waals surface area contributed by atoms with Crippen molar-refractivity contribution in [2.24, 2.45) is 0 Å². The summed E-state index contributed by atoms with van der Waals surface area (Å²) in [6, 6.07) is 14.1. The number of nitrogens with one attached hydrogen (secondary N) is 2.